The number of hydrogen-bond acceptors (Lipinski definition) is 2. The summed E-state index contributed by atoms with van der Waals surface area (Å²) < 4.78 is 0. The van der Waals surface area contributed by atoms with Crippen LogP contribution in [0.1, 0.15) is 72.1 Å². The summed E-state index contributed by atoms with van der Waals surface area (Å²) >= 11 is 0. The number of hydrogen-bond donors (Lipinski definition) is 2. The van der Waals surface area contributed by atoms with Crippen LogP contribution in [0.2, 0.25) is 0 Å². The second-order valence-corrected chi connectivity index (χ2v) is 7.52. The SMILES string of the molecule is CCC(C)NCC1CC1CC(C)NCC1CCCCC1. The first-order valence-electron chi connectivity index (χ1n) is 9.15. The van der Waals surface area contributed by atoms with Gasteiger partial charge in [-0.05, 0) is 76.8 Å². The maximum atomic E-state index is 3.80. The molecule has 0 aromatic rings. The average Bonchev–Trinajstić information content (AvgIpc) is 3.21. The van der Waals surface area contributed by atoms with Gasteiger partial charge >= 0.3 is 0 Å². The maximum Gasteiger partial charge on any atom is 0.00415 e. The van der Waals surface area contributed by atoms with E-state index in [9.17, 15) is 0 Å². The van der Waals surface area contributed by atoms with E-state index in [-0.39, 0.29) is 0 Å². The molecule has 2 nitrogen and oxygen atoms in total. The lowest BCUT2D eigenvalue weighted by molar-refractivity contribution is 0.323. The number of rotatable bonds is 9. The van der Waals surface area contributed by atoms with Crippen LogP contribution in [-0.2, 0) is 0 Å². The number of nitrogens with one attached hydrogen (secondary N) is 2. The molecule has 0 radical (unpaired) electrons. The molecule has 0 heterocycles. The first kappa shape index (κ1) is 16.3. The molecule has 2 aliphatic carbocycles. The third-order valence-electron chi connectivity index (χ3n) is 5.55. The highest BCUT2D eigenvalue weighted by molar-refractivity contribution is 4.90. The van der Waals surface area contributed by atoms with Gasteiger partial charge in [-0.1, -0.05) is 26.2 Å². The molecule has 0 aromatic carbocycles. The van der Waals surface area contributed by atoms with E-state index in [0.717, 1.165) is 23.8 Å². The lowest BCUT2D eigenvalue weighted by Gasteiger charge is -2.24. The molecule has 2 heteroatoms. The van der Waals surface area contributed by atoms with Crippen LogP contribution in [0, 0.1) is 17.8 Å². The van der Waals surface area contributed by atoms with Gasteiger partial charge in [-0.3, -0.25) is 0 Å². The van der Waals surface area contributed by atoms with Crippen LogP contribution in [0.25, 0.3) is 0 Å². The van der Waals surface area contributed by atoms with Gasteiger partial charge in [0.05, 0.1) is 0 Å². The zero-order valence-electron chi connectivity index (χ0n) is 14.0. The van der Waals surface area contributed by atoms with Crippen LogP contribution < -0.4 is 10.6 Å². The van der Waals surface area contributed by atoms with Crippen molar-refractivity contribution < 1.29 is 0 Å². The predicted molar refractivity (Wildman–Crippen MR) is 88.0 cm³/mol. The molecule has 2 rings (SSSR count). The molecule has 4 atom stereocenters. The Hall–Kier alpha value is -0.0800. The Bertz CT molecular complexity index is 260. The molecule has 20 heavy (non-hydrogen) atoms. The Labute approximate surface area is 126 Å². The van der Waals surface area contributed by atoms with Crippen LogP contribution in [0.15, 0.2) is 0 Å². The molecule has 0 spiro atoms. The van der Waals surface area contributed by atoms with E-state index >= 15 is 0 Å². The molecular weight excluding hydrogens is 244 g/mol. The van der Waals surface area contributed by atoms with E-state index in [4.69, 9.17) is 0 Å². The average molecular weight is 280 g/mol. The van der Waals surface area contributed by atoms with Gasteiger partial charge in [-0.2, -0.15) is 0 Å². The van der Waals surface area contributed by atoms with Crippen molar-refractivity contribution in [3.63, 3.8) is 0 Å². The van der Waals surface area contributed by atoms with Crippen molar-refractivity contribution in [2.45, 2.75) is 84.2 Å². The minimum absolute atomic E-state index is 0.693. The molecule has 2 aliphatic rings. The van der Waals surface area contributed by atoms with E-state index in [1.807, 2.05) is 0 Å². The standard InChI is InChI=1S/C18H36N2/c1-4-14(2)20-13-18-11-17(18)10-15(3)19-12-16-8-6-5-7-9-16/h14-20H,4-13H2,1-3H3. The molecule has 0 aromatic heterocycles. The van der Waals surface area contributed by atoms with Gasteiger partial charge in [0.2, 0.25) is 0 Å². The van der Waals surface area contributed by atoms with Gasteiger partial charge in [0.15, 0.2) is 0 Å². The highest BCUT2D eigenvalue weighted by Crippen LogP contribution is 2.41. The molecule has 0 aliphatic heterocycles. The molecule has 0 saturated heterocycles. The van der Waals surface area contributed by atoms with Crippen molar-refractivity contribution in [1.82, 2.24) is 10.6 Å². The molecular formula is C18H36N2. The van der Waals surface area contributed by atoms with Crippen LogP contribution in [0.4, 0.5) is 0 Å². The predicted octanol–water partition coefficient (Wildman–Crippen LogP) is 3.96. The second kappa shape index (κ2) is 8.38. The Balaban J connectivity index is 1.51. The minimum Gasteiger partial charge on any atom is -0.314 e. The maximum absolute atomic E-state index is 3.80. The second-order valence-electron chi connectivity index (χ2n) is 7.52. The highest BCUT2D eigenvalue weighted by Gasteiger charge is 2.37. The lowest BCUT2D eigenvalue weighted by Crippen LogP contribution is -2.33. The molecule has 4 unspecified atom stereocenters. The molecule has 0 amide bonds. The van der Waals surface area contributed by atoms with Crippen molar-refractivity contribution in [2.75, 3.05) is 13.1 Å². The molecule has 118 valence electrons. The van der Waals surface area contributed by atoms with Crippen molar-refractivity contribution in [3.8, 4) is 0 Å². The summed E-state index contributed by atoms with van der Waals surface area (Å²) in [7, 11) is 0. The van der Waals surface area contributed by atoms with E-state index in [1.54, 1.807) is 0 Å². The third-order valence-corrected chi connectivity index (χ3v) is 5.55. The molecule has 2 fully saturated rings. The summed E-state index contributed by atoms with van der Waals surface area (Å²) in [6.07, 6.45) is 11.4. The van der Waals surface area contributed by atoms with E-state index < -0.39 is 0 Å². The Kier molecular flexibility index (Phi) is 6.83. The summed E-state index contributed by atoms with van der Waals surface area (Å²) in [6.45, 7) is 9.46. The smallest absolute Gasteiger partial charge is 0.00415 e. The molecule has 0 bridgehead atoms. The first-order chi connectivity index (χ1) is 9.69. The van der Waals surface area contributed by atoms with E-state index in [1.165, 1.54) is 64.5 Å². The third kappa shape index (κ3) is 5.73. The topological polar surface area (TPSA) is 24.1 Å². The summed E-state index contributed by atoms with van der Waals surface area (Å²) in [5.74, 6) is 2.91. The first-order valence-corrected chi connectivity index (χ1v) is 9.15. The molecule has 2 N–H and O–H groups in total. The van der Waals surface area contributed by atoms with Gasteiger partial charge in [0.25, 0.3) is 0 Å². The lowest BCUT2D eigenvalue weighted by atomic mass is 9.89. The Morgan fingerprint density at radius 2 is 1.60 bits per heavy atom. The Morgan fingerprint density at radius 1 is 0.900 bits per heavy atom. The van der Waals surface area contributed by atoms with Gasteiger partial charge in [0.1, 0.15) is 0 Å². The zero-order valence-corrected chi connectivity index (χ0v) is 14.0. The molecule has 2 saturated carbocycles. The van der Waals surface area contributed by atoms with Gasteiger partial charge in [-0.15, -0.1) is 0 Å². The Morgan fingerprint density at radius 3 is 2.30 bits per heavy atom. The van der Waals surface area contributed by atoms with Crippen molar-refractivity contribution in [1.29, 1.82) is 0 Å². The monoisotopic (exact) mass is 280 g/mol. The van der Waals surface area contributed by atoms with Crippen LogP contribution in [0.5, 0.6) is 0 Å². The normalized spacial score (nSPS) is 30.1. The van der Waals surface area contributed by atoms with Crippen molar-refractivity contribution in [3.05, 3.63) is 0 Å². The van der Waals surface area contributed by atoms with E-state index in [0.29, 0.717) is 6.04 Å². The van der Waals surface area contributed by atoms with Crippen molar-refractivity contribution in [2.24, 2.45) is 17.8 Å². The highest BCUT2D eigenvalue weighted by atomic mass is 14.9. The fraction of sp³-hybridized carbons (Fsp3) is 1.00. The van der Waals surface area contributed by atoms with Crippen LogP contribution >= 0.6 is 0 Å². The van der Waals surface area contributed by atoms with Gasteiger partial charge in [-0.25, -0.2) is 0 Å². The quantitative estimate of drug-likeness (QED) is 0.668. The summed E-state index contributed by atoms with van der Waals surface area (Å²) in [6, 6.07) is 1.41. The van der Waals surface area contributed by atoms with Crippen molar-refractivity contribution >= 4 is 0 Å². The minimum atomic E-state index is 0.693. The van der Waals surface area contributed by atoms with Crippen LogP contribution in [-0.4, -0.2) is 25.2 Å². The van der Waals surface area contributed by atoms with Crippen LogP contribution in [0.3, 0.4) is 0 Å². The van der Waals surface area contributed by atoms with Gasteiger partial charge < -0.3 is 10.6 Å². The summed E-state index contributed by atoms with van der Waals surface area (Å²) in [4.78, 5) is 0. The van der Waals surface area contributed by atoms with Gasteiger partial charge in [0, 0.05) is 12.1 Å². The zero-order chi connectivity index (χ0) is 14.4. The fourth-order valence-corrected chi connectivity index (χ4v) is 3.64. The fourth-order valence-electron chi connectivity index (χ4n) is 3.64. The summed E-state index contributed by atoms with van der Waals surface area (Å²) in [5.41, 5.74) is 0. The largest absolute Gasteiger partial charge is 0.314 e. The van der Waals surface area contributed by atoms with E-state index in [2.05, 4.69) is 31.4 Å². The summed E-state index contributed by atoms with van der Waals surface area (Å²) in [5, 5.41) is 7.46.